The minimum absolute atomic E-state index is 0.231. The highest BCUT2D eigenvalue weighted by atomic mass is 35.7. The van der Waals surface area contributed by atoms with Crippen molar-refractivity contribution in [2.24, 2.45) is 0 Å². The van der Waals surface area contributed by atoms with Crippen molar-refractivity contribution in [3.05, 3.63) is 98.6 Å². The summed E-state index contributed by atoms with van der Waals surface area (Å²) >= 11 is 0. The number of hydrogen-bond donors (Lipinski definition) is 2. The normalized spacial score (nSPS) is 16.0. The zero-order valence-electron chi connectivity index (χ0n) is 31.5. The largest absolute Gasteiger partial charge is 0.462 e. The number of carbonyl (C=O) groups is 2. The number of carbonyl (C=O) groups excluding carboxylic acids is 2. The summed E-state index contributed by atoms with van der Waals surface area (Å²) in [6.07, 6.45) is 7.81. The number of rotatable bonds is 9. The molecule has 3 aromatic rings. The highest BCUT2D eigenvalue weighted by Crippen LogP contribution is 2.44. The van der Waals surface area contributed by atoms with Crippen LogP contribution in [0.4, 0.5) is 5.69 Å². The molecule has 0 saturated carbocycles. The summed E-state index contributed by atoms with van der Waals surface area (Å²) in [5, 5.41) is 5.46. The van der Waals surface area contributed by atoms with Crippen LogP contribution in [0.5, 0.6) is 11.5 Å². The van der Waals surface area contributed by atoms with Gasteiger partial charge < -0.3 is 19.5 Å². The Morgan fingerprint density at radius 3 is 2.04 bits per heavy atom. The zero-order valence-corrected chi connectivity index (χ0v) is 32.2. The Labute approximate surface area is 312 Å². The van der Waals surface area contributed by atoms with Gasteiger partial charge in [-0.3, -0.25) is 0 Å². The Bertz CT molecular complexity index is 2120. The number of allylic oxidation sites excluding steroid dienone is 2. The van der Waals surface area contributed by atoms with Gasteiger partial charge in [0.2, 0.25) is 5.36 Å². The molecule has 0 radical (unpaired) electrons. The van der Waals surface area contributed by atoms with E-state index in [-0.39, 0.29) is 11.1 Å². The predicted octanol–water partition coefficient (Wildman–Crippen LogP) is 1.70. The van der Waals surface area contributed by atoms with Crippen molar-refractivity contribution in [1.82, 2.24) is 0 Å². The maximum atomic E-state index is 13.8. The number of halogens is 1. The fourth-order valence-corrected chi connectivity index (χ4v) is 6.97. The lowest BCUT2D eigenvalue weighted by Gasteiger charge is -2.33. The lowest BCUT2D eigenvalue weighted by molar-refractivity contribution is -2.00. The van der Waals surface area contributed by atoms with Crippen LogP contribution in [0.25, 0.3) is 16.7 Å². The van der Waals surface area contributed by atoms with E-state index in [4.69, 9.17) is 32.8 Å². The molecule has 0 bridgehead atoms. The van der Waals surface area contributed by atoms with Crippen molar-refractivity contribution >= 4 is 34.3 Å². The quantitative estimate of drug-likeness (QED) is 0.189. The molecule has 0 unspecified atom stereocenters. The van der Waals surface area contributed by atoms with E-state index in [0.717, 1.165) is 75.4 Å². The molecule has 0 amide bonds. The van der Waals surface area contributed by atoms with Crippen LogP contribution in [0, 0.1) is 10.2 Å². The summed E-state index contributed by atoms with van der Waals surface area (Å²) in [5.74, 6) is 0.479. The number of anilines is 1. The van der Waals surface area contributed by atoms with Gasteiger partial charge in [0.25, 0.3) is 0 Å². The first-order valence-electron chi connectivity index (χ1n) is 17.8. The smallest absolute Gasteiger partial charge is 0.338 e. The van der Waals surface area contributed by atoms with E-state index in [1.165, 1.54) is 0 Å². The van der Waals surface area contributed by atoms with E-state index in [0.29, 0.717) is 41.4 Å². The van der Waals surface area contributed by atoms with Crippen molar-refractivity contribution in [2.75, 3.05) is 18.5 Å². The minimum atomic E-state index is -4.94. The van der Waals surface area contributed by atoms with Crippen molar-refractivity contribution in [1.29, 1.82) is 0 Å². The Morgan fingerprint density at radius 1 is 0.774 bits per heavy atom. The van der Waals surface area contributed by atoms with Crippen LogP contribution in [0.1, 0.15) is 124 Å². The van der Waals surface area contributed by atoms with Crippen LogP contribution in [0.15, 0.2) is 54.6 Å². The number of ether oxygens (including phenoxy) is 3. The highest BCUT2D eigenvalue weighted by molar-refractivity contribution is 6.02. The molecule has 2 N–H and O–H groups in total. The van der Waals surface area contributed by atoms with E-state index >= 15 is 0 Å². The lowest BCUT2D eigenvalue weighted by atomic mass is 9.84. The van der Waals surface area contributed by atoms with Crippen LogP contribution >= 0.6 is 0 Å². The van der Waals surface area contributed by atoms with Crippen molar-refractivity contribution in [3.63, 3.8) is 0 Å². The molecule has 53 heavy (non-hydrogen) atoms. The molecule has 12 heteroatoms. The SMILES string of the molecule is CCCCOC(=O)c1ccc(C(=O)OCCCC)c(C2=c3cc4c(cc3Oc3cc5c(cc32)C(C)=CC(C)(C)N5)=[NH+]C(C)(C)C=C4C)c1.[O-][Cl+3]([O-])([O-])[O-]. The second-order valence-corrected chi connectivity index (χ2v) is 15.5. The van der Waals surface area contributed by atoms with Gasteiger partial charge >= 0.3 is 11.9 Å². The lowest BCUT2D eigenvalue weighted by Crippen LogP contribution is -2.89. The first kappa shape index (κ1) is 39.7. The molecule has 3 aliphatic rings. The molecule has 282 valence electrons. The van der Waals surface area contributed by atoms with Gasteiger partial charge in [-0.1, -0.05) is 32.8 Å². The molecule has 6 rings (SSSR count). The molecule has 0 fully saturated rings. The predicted molar refractivity (Wildman–Crippen MR) is 190 cm³/mol. The van der Waals surface area contributed by atoms with E-state index in [2.05, 4.69) is 102 Å². The first-order valence-corrected chi connectivity index (χ1v) is 19.0. The average Bonchev–Trinajstić information content (AvgIpc) is 3.04. The van der Waals surface area contributed by atoms with Gasteiger partial charge in [-0.25, -0.2) is 33.2 Å². The second-order valence-electron chi connectivity index (χ2n) is 14.7. The van der Waals surface area contributed by atoms with Crippen molar-refractivity contribution < 1.29 is 57.7 Å². The fourth-order valence-electron chi connectivity index (χ4n) is 6.97. The second kappa shape index (κ2) is 15.5. The third-order valence-corrected chi connectivity index (χ3v) is 9.12. The van der Waals surface area contributed by atoms with E-state index < -0.39 is 22.2 Å². The Hall–Kier alpha value is -4.52. The summed E-state index contributed by atoms with van der Waals surface area (Å²) in [6, 6.07) is 13.5. The van der Waals surface area contributed by atoms with Gasteiger partial charge in [0.1, 0.15) is 11.5 Å². The number of unbranched alkanes of at least 4 members (excludes halogenated alkanes) is 2. The van der Waals surface area contributed by atoms with Crippen LogP contribution in [-0.4, -0.2) is 36.2 Å². The number of benzene rings is 3. The van der Waals surface area contributed by atoms with E-state index in [1.807, 2.05) is 0 Å². The van der Waals surface area contributed by atoms with Crippen molar-refractivity contribution in [3.8, 4) is 11.5 Å². The topological polar surface area (TPSA) is 180 Å². The third kappa shape index (κ3) is 9.35. The Kier molecular flexibility index (Phi) is 11.6. The van der Waals surface area contributed by atoms with Crippen LogP contribution in [-0.2, 0) is 9.47 Å². The maximum Gasteiger partial charge on any atom is 0.338 e. The number of hydrogen-bond acceptors (Lipinski definition) is 10. The highest BCUT2D eigenvalue weighted by Gasteiger charge is 2.32. The maximum absolute atomic E-state index is 13.8. The van der Waals surface area contributed by atoms with Gasteiger partial charge in [-0.05, 0) is 93.7 Å². The molecular weight excluding hydrogens is 700 g/mol. The van der Waals surface area contributed by atoms with Gasteiger partial charge in [0.05, 0.1) is 35.9 Å². The Balaban J connectivity index is 0.00000101. The van der Waals surface area contributed by atoms with Gasteiger partial charge in [0.15, 0.2) is 5.54 Å². The Morgan fingerprint density at radius 2 is 1.40 bits per heavy atom. The first-order chi connectivity index (χ1) is 24.8. The molecule has 3 heterocycles. The summed E-state index contributed by atoms with van der Waals surface area (Å²) in [5.41, 5.74) is 7.91. The monoisotopic (exact) mass is 746 g/mol. The molecule has 0 spiro atoms. The summed E-state index contributed by atoms with van der Waals surface area (Å²) < 4.78 is 52.1. The van der Waals surface area contributed by atoms with E-state index in [9.17, 15) is 9.59 Å². The molecule has 3 aliphatic heterocycles. The van der Waals surface area contributed by atoms with Crippen LogP contribution < -0.4 is 44.3 Å². The zero-order chi connectivity index (χ0) is 38.9. The number of nitrogens with one attached hydrogen (secondary N) is 2. The molecular formula is C41H47ClN2O9. The van der Waals surface area contributed by atoms with Gasteiger partial charge in [0, 0.05) is 53.1 Å². The molecule has 3 aromatic carbocycles. The molecule has 0 saturated heterocycles. The average molecular weight is 747 g/mol. The summed E-state index contributed by atoms with van der Waals surface area (Å²) in [7, 11) is -4.94. The van der Waals surface area contributed by atoms with Crippen LogP contribution in [0.3, 0.4) is 0 Å². The third-order valence-electron chi connectivity index (χ3n) is 9.12. The van der Waals surface area contributed by atoms with Crippen molar-refractivity contribution in [2.45, 2.75) is 92.2 Å². The summed E-state index contributed by atoms with van der Waals surface area (Å²) in [4.78, 5) is 30.8. The van der Waals surface area contributed by atoms with Gasteiger partial charge in [-0.15, -0.1) is 10.2 Å². The van der Waals surface area contributed by atoms with Gasteiger partial charge in [-0.2, -0.15) is 0 Å². The van der Waals surface area contributed by atoms with Crippen LogP contribution in [0.2, 0.25) is 0 Å². The number of fused-ring (bicyclic) bond motifs is 4. The minimum Gasteiger partial charge on any atom is -0.462 e. The molecule has 0 aliphatic carbocycles. The molecule has 0 aromatic heterocycles. The molecule has 0 atom stereocenters. The summed E-state index contributed by atoms with van der Waals surface area (Å²) in [6.45, 7) is 17.6. The molecule has 11 nitrogen and oxygen atoms in total. The fraction of sp³-hybridized carbons (Fsp3) is 0.390. The standard InChI is InChI=1S/C41H46N2O5.ClHO4/c1-9-11-15-46-38(44)26-13-14-27(39(45)47-16-12-10-2)30(17-26)37-31-18-28-24(3)22-40(5,6)42-33(28)20-35(31)48-36-21-34-29(19-32(36)37)25(4)23-41(7,8)43-34;2-1(3,4)5/h13-14,17-23,42H,9-12,15-16H2,1-8H3;(H,2,3,4,5). The van der Waals surface area contributed by atoms with E-state index in [1.54, 1.807) is 18.2 Å². The number of esters is 2.